The zero-order valence-corrected chi connectivity index (χ0v) is 13.2. The van der Waals surface area contributed by atoms with Crippen LogP contribution in [0.3, 0.4) is 0 Å². The van der Waals surface area contributed by atoms with Gasteiger partial charge in [-0.25, -0.2) is 0 Å². The second-order valence-electron chi connectivity index (χ2n) is 5.70. The van der Waals surface area contributed by atoms with E-state index in [-0.39, 0.29) is 42.2 Å². The summed E-state index contributed by atoms with van der Waals surface area (Å²) >= 11 is 6.16. The van der Waals surface area contributed by atoms with E-state index in [1.807, 2.05) is 24.3 Å². The third-order valence-electron chi connectivity index (χ3n) is 4.27. The van der Waals surface area contributed by atoms with E-state index in [4.69, 9.17) is 11.6 Å². The smallest absolute Gasteiger partial charge is 0.223 e. The molecule has 0 aromatic heterocycles. The summed E-state index contributed by atoms with van der Waals surface area (Å²) in [6, 6.07) is 7.71. The summed E-state index contributed by atoms with van der Waals surface area (Å²) in [6.45, 7) is 1.92. The van der Waals surface area contributed by atoms with E-state index < -0.39 is 0 Å². The SMILES string of the molecule is Cl.O=C(NCC1CNCC1O)C1CC1c1ccccc1Cl. The van der Waals surface area contributed by atoms with Gasteiger partial charge in [-0.2, -0.15) is 0 Å². The summed E-state index contributed by atoms with van der Waals surface area (Å²) in [6.07, 6.45) is 0.509. The van der Waals surface area contributed by atoms with Gasteiger partial charge in [-0.15, -0.1) is 12.4 Å². The highest BCUT2D eigenvalue weighted by molar-refractivity contribution is 6.31. The lowest BCUT2D eigenvalue weighted by molar-refractivity contribution is -0.122. The van der Waals surface area contributed by atoms with Crippen LogP contribution in [0.4, 0.5) is 0 Å². The van der Waals surface area contributed by atoms with Crippen LogP contribution < -0.4 is 10.6 Å². The van der Waals surface area contributed by atoms with E-state index >= 15 is 0 Å². The number of halogens is 2. The molecule has 1 saturated carbocycles. The Morgan fingerprint density at radius 1 is 1.38 bits per heavy atom. The van der Waals surface area contributed by atoms with Gasteiger partial charge in [0.05, 0.1) is 6.10 Å². The van der Waals surface area contributed by atoms with Gasteiger partial charge in [0.15, 0.2) is 0 Å². The number of benzene rings is 1. The van der Waals surface area contributed by atoms with E-state index in [0.717, 1.165) is 23.6 Å². The van der Waals surface area contributed by atoms with Crippen molar-refractivity contribution in [3.8, 4) is 0 Å². The maximum absolute atomic E-state index is 12.1. The Balaban J connectivity index is 0.00000161. The fraction of sp³-hybridized carbons (Fsp3) is 0.533. The number of nitrogens with one attached hydrogen (secondary N) is 2. The van der Waals surface area contributed by atoms with Gasteiger partial charge in [-0.1, -0.05) is 29.8 Å². The molecule has 21 heavy (non-hydrogen) atoms. The van der Waals surface area contributed by atoms with Crippen LogP contribution in [0.15, 0.2) is 24.3 Å². The first-order valence-corrected chi connectivity index (χ1v) is 7.45. The normalized spacial score (nSPS) is 30.6. The van der Waals surface area contributed by atoms with Gasteiger partial charge in [0.1, 0.15) is 0 Å². The van der Waals surface area contributed by atoms with Crippen molar-refractivity contribution in [2.45, 2.75) is 18.4 Å². The molecular formula is C15H20Cl2N2O2. The lowest BCUT2D eigenvalue weighted by atomic mass is 10.1. The molecule has 0 radical (unpaired) electrons. The number of aliphatic hydroxyl groups excluding tert-OH is 1. The van der Waals surface area contributed by atoms with Crippen LogP contribution in [0.1, 0.15) is 17.9 Å². The fourth-order valence-corrected chi connectivity index (χ4v) is 3.17. The molecule has 2 aliphatic rings. The zero-order valence-electron chi connectivity index (χ0n) is 11.6. The minimum Gasteiger partial charge on any atom is -0.391 e. The number of hydrogen-bond donors (Lipinski definition) is 3. The van der Waals surface area contributed by atoms with E-state index in [1.54, 1.807) is 0 Å². The van der Waals surface area contributed by atoms with Gasteiger partial charge in [0.25, 0.3) is 0 Å². The molecule has 6 heteroatoms. The van der Waals surface area contributed by atoms with Gasteiger partial charge in [0, 0.05) is 36.5 Å². The molecule has 3 rings (SSSR count). The highest BCUT2D eigenvalue weighted by Gasteiger charge is 2.44. The van der Waals surface area contributed by atoms with Crippen LogP contribution in [-0.4, -0.2) is 36.8 Å². The first-order valence-electron chi connectivity index (χ1n) is 7.07. The monoisotopic (exact) mass is 330 g/mol. The van der Waals surface area contributed by atoms with Crippen molar-refractivity contribution in [1.29, 1.82) is 0 Å². The molecule has 3 N–H and O–H groups in total. The maximum atomic E-state index is 12.1. The topological polar surface area (TPSA) is 61.4 Å². The highest BCUT2D eigenvalue weighted by atomic mass is 35.5. The third-order valence-corrected chi connectivity index (χ3v) is 4.62. The van der Waals surface area contributed by atoms with Gasteiger partial charge in [-0.3, -0.25) is 4.79 Å². The van der Waals surface area contributed by atoms with Crippen molar-refractivity contribution in [3.63, 3.8) is 0 Å². The Bertz CT molecular complexity index is 512. The molecule has 2 fully saturated rings. The standard InChI is InChI=1S/C15H19ClN2O2.ClH/c16-13-4-2-1-3-10(13)11-5-12(11)15(20)18-7-9-6-17-8-14(9)19;/h1-4,9,11-12,14,17,19H,5-8H2,(H,18,20);1H. The Morgan fingerprint density at radius 3 is 2.81 bits per heavy atom. The second kappa shape index (κ2) is 6.97. The molecule has 4 unspecified atom stereocenters. The van der Waals surface area contributed by atoms with Crippen LogP contribution in [-0.2, 0) is 4.79 Å². The summed E-state index contributed by atoms with van der Waals surface area (Å²) in [4.78, 5) is 12.1. The molecule has 0 spiro atoms. The van der Waals surface area contributed by atoms with Crippen molar-refractivity contribution in [1.82, 2.24) is 10.6 Å². The van der Waals surface area contributed by atoms with Crippen LogP contribution in [0.25, 0.3) is 0 Å². The van der Waals surface area contributed by atoms with Crippen LogP contribution in [0.5, 0.6) is 0 Å². The first-order chi connectivity index (χ1) is 9.66. The summed E-state index contributed by atoms with van der Waals surface area (Å²) in [5, 5.41) is 16.5. The molecule has 0 bridgehead atoms. The number of β-amino-alcohol motifs (C(OH)–C–C–N with tert-alkyl or cyclic N) is 1. The van der Waals surface area contributed by atoms with E-state index in [0.29, 0.717) is 13.1 Å². The Hall–Kier alpha value is -0.810. The summed E-state index contributed by atoms with van der Waals surface area (Å²) in [5.41, 5.74) is 1.07. The Morgan fingerprint density at radius 2 is 2.14 bits per heavy atom. The molecule has 1 aromatic rings. The number of carbonyl (C=O) groups is 1. The van der Waals surface area contributed by atoms with Gasteiger partial charge in [-0.05, 0) is 24.0 Å². The number of hydrogen-bond acceptors (Lipinski definition) is 3. The largest absolute Gasteiger partial charge is 0.391 e. The van der Waals surface area contributed by atoms with Gasteiger partial charge >= 0.3 is 0 Å². The van der Waals surface area contributed by atoms with Crippen LogP contribution >= 0.6 is 24.0 Å². The lowest BCUT2D eigenvalue weighted by Gasteiger charge is -2.14. The second-order valence-corrected chi connectivity index (χ2v) is 6.11. The van der Waals surface area contributed by atoms with Crippen molar-refractivity contribution in [2.24, 2.45) is 11.8 Å². The van der Waals surface area contributed by atoms with E-state index in [9.17, 15) is 9.90 Å². The third kappa shape index (κ3) is 3.69. The predicted molar refractivity (Wildman–Crippen MR) is 84.9 cm³/mol. The minimum absolute atomic E-state index is 0. The highest BCUT2D eigenvalue weighted by Crippen LogP contribution is 2.49. The molecule has 116 valence electrons. The number of amides is 1. The van der Waals surface area contributed by atoms with Crippen molar-refractivity contribution >= 4 is 29.9 Å². The number of carbonyl (C=O) groups excluding carboxylic acids is 1. The van der Waals surface area contributed by atoms with Gasteiger partial charge < -0.3 is 15.7 Å². The molecule has 1 aliphatic heterocycles. The van der Waals surface area contributed by atoms with Crippen LogP contribution in [0, 0.1) is 11.8 Å². The molecule has 1 heterocycles. The van der Waals surface area contributed by atoms with Gasteiger partial charge in [0.2, 0.25) is 5.91 Å². The number of rotatable bonds is 4. The van der Waals surface area contributed by atoms with Crippen molar-refractivity contribution in [2.75, 3.05) is 19.6 Å². The minimum atomic E-state index is -0.353. The zero-order chi connectivity index (χ0) is 14.1. The van der Waals surface area contributed by atoms with Crippen molar-refractivity contribution in [3.05, 3.63) is 34.9 Å². The average molecular weight is 331 g/mol. The molecule has 1 amide bonds. The Kier molecular flexibility index (Phi) is 5.49. The molecule has 1 aliphatic carbocycles. The quantitative estimate of drug-likeness (QED) is 0.785. The first kappa shape index (κ1) is 16.6. The summed E-state index contributed by atoms with van der Waals surface area (Å²) in [7, 11) is 0. The lowest BCUT2D eigenvalue weighted by Crippen LogP contribution is -2.35. The molecule has 4 nitrogen and oxygen atoms in total. The number of aliphatic hydroxyl groups is 1. The summed E-state index contributed by atoms with van der Waals surface area (Å²) < 4.78 is 0. The van der Waals surface area contributed by atoms with E-state index in [2.05, 4.69) is 10.6 Å². The maximum Gasteiger partial charge on any atom is 0.223 e. The fourth-order valence-electron chi connectivity index (χ4n) is 2.89. The van der Waals surface area contributed by atoms with Crippen LogP contribution in [0.2, 0.25) is 5.02 Å². The molecule has 1 saturated heterocycles. The molecular weight excluding hydrogens is 311 g/mol. The van der Waals surface area contributed by atoms with Crippen molar-refractivity contribution < 1.29 is 9.90 Å². The van der Waals surface area contributed by atoms with E-state index in [1.165, 1.54) is 0 Å². The average Bonchev–Trinajstić information content (AvgIpc) is 3.13. The predicted octanol–water partition coefficient (Wildman–Crippen LogP) is 1.56. The Labute approximate surface area is 135 Å². The molecule has 1 aromatic carbocycles. The summed E-state index contributed by atoms with van der Waals surface area (Å²) in [5.74, 6) is 0.474. The molecule has 4 atom stereocenters.